The van der Waals surface area contributed by atoms with Crippen LogP contribution >= 0.6 is 0 Å². The van der Waals surface area contributed by atoms with Gasteiger partial charge in [0.15, 0.2) is 0 Å². The van der Waals surface area contributed by atoms with Gasteiger partial charge in [-0.1, -0.05) is 141 Å². The van der Waals surface area contributed by atoms with Crippen molar-refractivity contribution in [2.45, 2.75) is 19.3 Å². The lowest BCUT2D eigenvalue weighted by molar-refractivity contribution is 0.661. The zero-order valence-electron chi connectivity index (χ0n) is 31.0. The van der Waals surface area contributed by atoms with Crippen molar-refractivity contribution in [3.8, 4) is 22.3 Å². The fourth-order valence-corrected chi connectivity index (χ4v) is 8.63. The van der Waals surface area contributed by atoms with Crippen molar-refractivity contribution in [1.82, 2.24) is 0 Å². The Morgan fingerprint density at radius 1 is 0.309 bits per heavy atom. The van der Waals surface area contributed by atoms with Gasteiger partial charge < -0.3 is 9.80 Å². The number of benzene rings is 9. The molecule has 0 saturated heterocycles. The van der Waals surface area contributed by atoms with Crippen LogP contribution in [0, 0.1) is 0 Å². The number of nitrogens with zero attached hydrogens (tertiary/aromatic N) is 2. The average molecular weight is 705 g/mol. The van der Waals surface area contributed by atoms with E-state index in [4.69, 9.17) is 0 Å². The van der Waals surface area contributed by atoms with Gasteiger partial charge in [-0.25, -0.2) is 0 Å². The number of para-hydroxylation sites is 2. The van der Waals surface area contributed by atoms with E-state index < -0.39 is 0 Å². The summed E-state index contributed by atoms with van der Waals surface area (Å²) in [6, 6.07) is 75.0. The van der Waals surface area contributed by atoms with Crippen molar-refractivity contribution in [3.05, 3.63) is 217 Å². The fourth-order valence-electron chi connectivity index (χ4n) is 8.63. The van der Waals surface area contributed by atoms with Crippen LogP contribution in [-0.2, 0) is 5.41 Å². The van der Waals surface area contributed by atoms with E-state index in [-0.39, 0.29) is 5.41 Å². The third-order valence-electron chi connectivity index (χ3n) is 11.4. The first kappa shape index (κ1) is 32.7. The van der Waals surface area contributed by atoms with Crippen LogP contribution in [0.3, 0.4) is 0 Å². The number of hydrogen-bond acceptors (Lipinski definition) is 2. The van der Waals surface area contributed by atoms with Gasteiger partial charge in [-0.05, 0) is 134 Å². The summed E-state index contributed by atoms with van der Waals surface area (Å²) in [5.41, 5.74) is 14.4. The van der Waals surface area contributed by atoms with Crippen LogP contribution < -0.4 is 9.80 Å². The molecular weight excluding hydrogens is 665 g/mol. The van der Waals surface area contributed by atoms with Crippen LogP contribution in [0.2, 0.25) is 0 Å². The summed E-state index contributed by atoms with van der Waals surface area (Å²) in [4.78, 5) is 4.73. The van der Waals surface area contributed by atoms with Crippen LogP contribution in [0.25, 0.3) is 43.8 Å². The van der Waals surface area contributed by atoms with Gasteiger partial charge in [-0.15, -0.1) is 0 Å². The normalized spacial score (nSPS) is 12.7. The third-order valence-corrected chi connectivity index (χ3v) is 11.4. The highest BCUT2D eigenvalue weighted by molar-refractivity contribution is 6.11. The Morgan fingerprint density at radius 2 is 0.782 bits per heavy atom. The lowest BCUT2D eigenvalue weighted by Gasteiger charge is -2.29. The molecule has 0 aromatic heterocycles. The van der Waals surface area contributed by atoms with E-state index in [1.165, 1.54) is 54.9 Å². The van der Waals surface area contributed by atoms with Crippen LogP contribution in [-0.4, -0.2) is 0 Å². The Bertz CT molecular complexity index is 2820. The Morgan fingerprint density at radius 3 is 1.47 bits per heavy atom. The first-order chi connectivity index (χ1) is 27.0. The molecule has 262 valence electrons. The van der Waals surface area contributed by atoms with Crippen molar-refractivity contribution >= 4 is 55.7 Å². The van der Waals surface area contributed by atoms with Gasteiger partial charge in [0.2, 0.25) is 0 Å². The molecule has 1 aliphatic rings. The van der Waals surface area contributed by atoms with Crippen molar-refractivity contribution in [2.75, 3.05) is 9.80 Å². The molecule has 0 bridgehead atoms. The standard InChI is InChI=1S/C53H40N2/c1-53(2)51-24-13-12-23-47(51)50-33-40-26-25-39-29-32-46(35-48(39)49(40)36-52(50)53)55(42-19-10-5-11-20-42)45-22-14-21-44(34-45)54(41-17-8-4-9-18-41)43-30-27-38(28-31-43)37-15-6-3-7-16-37/h3-36H,1-2H3. The van der Waals surface area contributed by atoms with Crippen LogP contribution in [0.4, 0.5) is 34.1 Å². The first-order valence-electron chi connectivity index (χ1n) is 19.1. The summed E-state index contributed by atoms with van der Waals surface area (Å²) in [6.45, 7) is 4.72. The molecule has 0 radical (unpaired) electrons. The van der Waals surface area contributed by atoms with E-state index in [0.29, 0.717) is 0 Å². The third kappa shape index (κ3) is 5.66. The Kier molecular flexibility index (Phi) is 7.85. The number of anilines is 6. The molecule has 0 N–H and O–H groups in total. The number of rotatable bonds is 7. The van der Waals surface area contributed by atoms with Gasteiger partial charge >= 0.3 is 0 Å². The largest absolute Gasteiger partial charge is 0.310 e. The molecule has 0 fully saturated rings. The van der Waals surface area contributed by atoms with E-state index in [1.807, 2.05) is 0 Å². The molecule has 0 heterocycles. The van der Waals surface area contributed by atoms with E-state index in [2.05, 4.69) is 230 Å². The highest BCUT2D eigenvalue weighted by Crippen LogP contribution is 2.50. The summed E-state index contributed by atoms with van der Waals surface area (Å²) in [6.07, 6.45) is 0. The molecule has 0 spiro atoms. The van der Waals surface area contributed by atoms with E-state index in [1.54, 1.807) is 0 Å². The Hall–Kier alpha value is -6.90. The number of fused-ring (bicyclic) bond motifs is 6. The summed E-state index contributed by atoms with van der Waals surface area (Å²) in [7, 11) is 0. The van der Waals surface area contributed by atoms with Gasteiger partial charge in [0.05, 0.1) is 0 Å². The summed E-state index contributed by atoms with van der Waals surface area (Å²) in [5.74, 6) is 0. The SMILES string of the molecule is CC1(C)c2ccccc2-c2cc3ccc4ccc(N(c5ccccc5)c5cccc(N(c6ccccc6)c6ccc(-c7ccccc7)cc6)c5)cc4c3cc21. The molecule has 10 rings (SSSR count). The second-order valence-electron chi connectivity index (χ2n) is 15.0. The molecule has 2 nitrogen and oxygen atoms in total. The maximum absolute atomic E-state index is 2.46. The molecule has 0 unspecified atom stereocenters. The fraction of sp³-hybridized carbons (Fsp3) is 0.0566. The van der Waals surface area contributed by atoms with Crippen molar-refractivity contribution < 1.29 is 0 Å². The van der Waals surface area contributed by atoms with Gasteiger partial charge in [0.1, 0.15) is 0 Å². The van der Waals surface area contributed by atoms with Crippen molar-refractivity contribution in [2.24, 2.45) is 0 Å². The Balaban J connectivity index is 1.11. The molecule has 2 heteroatoms. The summed E-state index contributed by atoms with van der Waals surface area (Å²) >= 11 is 0. The molecule has 0 atom stereocenters. The second-order valence-corrected chi connectivity index (χ2v) is 15.0. The molecule has 0 saturated carbocycles. The molecule has 1 aliphatic carbocycles. The topological polar surface area (TPSA) is 6.48 Å². The van der Waals surface area contributed by atoms with Gasteiger partial charge in [0, 0.05) is 39.5 Å². The zero-order chi connectivity index (χ0) is 36.9. The molecular formula is C53H40N2. The summed E-state index contributed by atoms with van der Waals surface area (Å²) in [5, 5.41) is 5.04. The zero-order valence-corrected chi connectivity index (χ0v) is 31.0. The summed E-state index contributed by atoms with van der Waals surface area (Å²) < 4.78 is 0. The van der Waals surface area contributed by atoms with Gasteiger partial charge in [0.25, 0.3) is 0 Å². The highest BCUT2D eigenvalue weighted by atomic mass is 15.2. The maximum atomic E-state index is 2.46. The number of hydrogen-bond donors (Lipinski definition) is 0. The molecule has 9 aromatic carbocycles. The van der Waals surface area contributed by atoms with E-state index in [0.717, 1.165) is 34.1 Å². The quantitative estimate of drug-likeness (QED) is 0.152. The molecule has 9 aromatic rings. The monoisotopic (exact) mass is 704 g/mol. The van der Waals surface area contributed by atoms with Crippen LogP contribution in [0.5, 0.6) is 0 Å². The van der Waals surface area contributed by atoms with Gasteiger partial charge in [-0.3, -0.25) is 0 Å². The van der Waals surface area contributed by atoms with Crippen molar-refractivity contribution in [3.63, 3.8) is 0 Å². The maximum Gasteiger partial charge on any atom is 0.0482 e. The molecule has 0 amide bonds. The van der Waals surface area contributed by atoms with E-state index in [9.17, 15) is 0 Å². The van der Waals surface area contributed by atoms with E-state index >= 15 is 0 Å². The second kappa shape index (κ2) is 13.2. The lowest BCUT2D eigenvalue weighted by Crippen LogP contribution is -2.14. The minimum atomic E-state index is -0.0666. The minimum absolute atomic E-state index is 0.0666. The lowest BCUT2D eigenvalue weighted by atomic mass is 9.81. The predicted octanol–water partition coefficient (Wildman–Crippen LogP) is 14.9. The highest BCUT2D eigenvalue weighted by Gasteiger charge is 2.35. The average Bonchev–Trinajstić information content (AvgIpc) is 3.47. The Labute approximate surface area is 323 Å². The smallest absolute Gasteiger partial charge is 0.0482 e. The van der Waals surface area contributed by atoms with Crippen LogP contribution in [0.15, 0.2) is 206 Å². The molecule has 55 heavy (non-hydrogen) atoms. The first-order valence-corrected chi connectivity index (χ1v) is 19.1. The van der Waals surface area contributed by atoms with Crippen LogP contribution in [0.1, 0.15) is 25.0 Å². The van der Waals surface area contributed by atoms with Crippen molar-refractivity contribution in [1.29, 1.82) is 0 Å². The minimum Gasteiger partial charge on any atom is -0.310 e. The predicted molar refractivity (Wildman–Crippen MR) is 234 cm³/mol. The molecule has 0 aliphatic heterocycles. The van der Waals surface area contributed by atoms with Gasteiger partial charge in [-0.2, -0.15) is 0 Å².